The van der Waals surface area contributed by atoms with E-state index >= 15 is 0 Å². The Hall–Kier alpha value is -3.42. The molecule has 3 aromatic rings. The Morgan fingerprint density at radius 2 is 1.84 bits per heavy atom. The van der Waals surface area contributed by atoms with E-state index in [1.54, 1.807) is 12.1 Å². The van der Waals surface area contributed by atoms with Crippen molar-refractivity contribution in [3.63, 3.8) is 0 Å². The van der Waals surface area contributed by atoms with Crippen LogP contribution in [0.5, 0.6) is 0 Å². The first kappa shape index (κ1) is 20.8. The van der Waals surface area contributed by atoms with Crippen LogP contribution in [0.4, 0.5) is 0 Å². The van der Waals surface area contributed by atoms with Crippen LogP contribution in [-0.4, -0.2) is 46.0 Å². The van der Waals surface area contributed by atoms with E-state index < -0.39 is 6.04 Å². The van der Waals surface area contributed by atoms with Crippen molar-refractivity contribution < 1.29 is 18.5 Å². The Morgan fingerprint density at radius 1 is 1.10 bits per heavy atom. The Balaban J connectivity index is 1.36. The Kier molecular flexibility index (Phi) is 6.16. The molecule has 1 fully saturated rings. The predicted octanol–water partition coefficient (Wildman–Crippen LogP) is 3.49. The fraction of sp³-hybridized carbons (Fsp3) is 0.391. The summed E-state index contributed by atoms with van der Waals surface area (Å²) in [5, 5.41) is 6.98. The molecule has 1 atom stereocenters. The van der Waals surface area contributed by atoms with Gasteiger partial charge in [-0.1, -0.05) is 37.2 Å². The van der Waals surface area contributed by atoms with Crippen LogP contribution in [-0.2, 0) is 4.79 Å². The lowest BCUT2D eigenvalue weighted by Crippen LogP contribution is -2.52. The normalized spacial score (nSPS) is 15.8. The molecule has 2 amide bonds. The number of hydrogen-bond donors (Lipinski definition) is 1. The summed E-state index contributed by atoms with van der Waals surface area (Å²) in [6, 6.07) is 12.3. The number of carbonyl (C=O) groups is 2. The van der Waals surface area contributed by atoms with Crippen LogP contribution in [0.1, 0.15) is 49.0 Å². The standard InChI is InChI=1S/C23H26N4O4/c1-15(2)19(24-21(28)18-9-6-14-30-18)23(29)27-12-10-16(11-13-27)20-25-22(31-26-20)17-7-4-3-5-8-17/h3-9,14-16,19H,10-13H2,1-2H3,(H,24,28). The molecular formula is C23H26N4O4. The molecule has 31 heavy (non-hydrogen) atoms. The molecule has 1 saturated heterocycles. The van der Waals surface area contributed by atoms with Gasteiger partial charge in [0.05, 0.1) is 6.26 Å². The van der Waals surface area contributed by atoms with E-state index in [0.29, 0.717) is 24.8 Å². The van der Waals surface area contributed by atoms with Crippen LogP contribution in [0.2, 0.25) is 0 Å². The smallest absolute Gasteiger partial charge is 0.287 e. The molecule has 0 aliphatic carbocycles. The van der Waals surface area contributed by atoms with Crippen LogP contribution in [0.15, 0.2) is 57.7 Å². The maximum absolute atomic E-state index is 13.1. The van der Waals surface area contributed by atoms with Gasteiger partial charge < -0.3 is 19.2 Å². The SMILES string of the molecule is CC(C)C(NC(=O)c1ccco1)C(=O)N1CCC(c2noc(-c3ccccc3)n2)CC1. The minimum absolute atomic E-state index is 0.0465. The zero-order valence-electron chi connectivity index (χ0n) is 17.7. The second kappa shape index (κ2) is 9.16. The number of likely N-dealkylation sites (tertiary alicyclic amines) is 1. The number of nitrogens with zero attached hydrogens (tertiary/aromatic N) is 3. The van der Waals surface area contributed by atoms with Crippen molar-refractivity contribution in [3.05, 3.63) is 60.3 Å². The summed E-state index contributed by atoms with van der Waals surface area (Å²) >= 11 is 0. The number of benzene rings is 1. The second-order valence-electron chi connectivity index (χ2n) is 8.10. The summed E-state index contributed by atoms with van der Waals surface area (Å²) < 4.78 is 10.6. The highest BCUT2D eigenvalue weighted by Crippen LogP contribution is 2.28. The monoisotopic (exact) mass is 422 g/mol. The topological polar surface area (TPSA) is 101 Å². The van der Waals surface area contributed by atoms with Crippen LogP contribution in [0.3, 0.4) is 0 Å². The number of aromatic nitrogens is 2. The lowest BCUT2D eigenvalue weighted by Gasteiger charge is -2.34. The van der Waals surface area contributed by atoms with E-state index in [-0.39, 0.29) is 29.4 Å². The molecule has 0 bridgehead atoms. The van der Waals surface area contributed by atoms with Crippen LogP contribution < -0.4 is 5.32 Å². The summed E-state index contributed by atoms with van der Waals surface area (Å²) in [6.45, 7) is 5.00. The third kappa shape index (κ3) is 4.68. The van der Waals surface area contributed by atoms with E-state index in [1.165, 1.54) is 6.26 Å². The van der Waals surface area contributed by atoms with Crippen LogP contribution in [0, 0.1) is 5.92 Å². The van der Waals surface area contributed by atoms with Crippen molar-refractivity contribution in [2.24, 2.45) is 5.92 Å². The van der Waals surface area contributed by atoms with Gasteiger partial charge in [0.25, 0.3) is 11.8 Å². The number of nitrogens with one attached hydrogen (secondary N) is 1. The fourth-order valence-corrected chi connectivity index (χ4v) is 3.79. The highest BCUT2D eigenvalue weighted by atomic mass is 16.5. The minimum Gasteiger partial charge on any atom is -0.459 e. The van der Waals surface area contributed by atoms with Gasteiger partial charge in [-0.25, -0.2) is 0 Å². The van der Waals surface area contributed by atoms with E-state index in [2.05, 4.69) is 15.5 Å². The molecule has 1 unspecified atom stereocenters. The molecular weight excluding hydrogens is 396 g/mol. The first-order chi connectivity index (χ1) is 15.0. The number of piperidine rings is 1. The molecule has 8 heteroatoms. The Bertz CT molecular complexity index is 1010. The molecule has 1 aromatic carbocycles. The van der Waals surface area contributed by atoms with Gasteiger partial charge in [-0.2, -0.15) is 4.98 Å². The molecule has 162 valence electrons. The molecule has 1 aliphatic heterocycles. The largest absolute Gasteiger partial charge is 0.459 e. The van der Waals surface area contributed by atoms with E-state index in [9.17, 15) is 9.59 Å². The van der Waals surface area contributed by atoms with Gasteiger partial charge in [-0.05, 0) is 43.0 Å². The third-order valence-electron chi connectivity index (χ3n) is 5.60. The molecule has 8 nitrogen and oxygen atoms in total. The van der Waals surface area contributed by atoms with Crippen molar-refractivity contribution in [1.82, 2.24) is 20.4 Å². The van der Waals surface area contributed by atoms with Gasteiger partial charge >= 0.3 is 0 Å². The van der Waals surface area contributed by atoms with Gasteiger partial charge in [0.2, 0.25) is 5.91 Å². The molecule has 0 radical (unpaired) electrons. The van der Waals surface area contributed by atoms with Crippen molar-refractivity contribution in [1.29, 1.82) is 0 Å². The summed E-state index contributed by atoms with van der Waals surface area (Å²) in [6.07, 6.45) is 2.93. The number of rotatable bonds is 6. The zero-order chi connectivity index (χ0) is 21.8. The third-order valence-corrected chi connectivity index (χ3v) is 5.60. The lowest BCUT2D eigenvalue weighted by molar-refractivity contribution is -0.135. The molecule has 1 N–H and O–H groups in total. The average Bonchev–Trinajstić information content (AvgIpc) is 3.50. The summed E-state index contributed by atoms with van der Waals surface area (Å²) in [7, 11) is 0. The van der Waals surface area contributed by atoms with Gasteiger partial charge in [0.1, 0.15) is 6.04 Å². The molecule has 3 heterocycles. The maximum Gasteiger partial charge on any atom is 0.287 e. The molecule has 1 aliphatic rings. The zero-order valence-corrected chi connectivity index (χ0v) is 17.7. The fourth-order valence-electron chi connectivity index (χ4n) is 3.79. The van der Waals surface area contributed by atoms with Crippen LogP contribution >= 0.6 is 0 Å². The van der Waals surface area contributed by atoms with Gasteiger partial charge in [0.15, 0.2) is 11.6 Å². The van der Waals surface area contributed by atoms with Crippen molar-refractivity contribution in [2.75, 3.05) is 13.1 Å². The lowest BCUT2D eigenvalue weighted by atomic mass is 9.94. The second-order valence-corrected chi connectivity index (χ2v) is 8.10. The van der Waals surface area contributed by atoms with Gasteiger partial charge in [-0.3, -0.25) is 9.59 Å². The molecule has 0 spiro atoms. The van der Waals surface area contributed by atoms with E-state index in [0.717, 1.165) is 18.4 Å². The Labute approximate surface area is 180 Å². The molecule has 0 saturated carbocycles. The molecule has 2 aromatic heterocycles. The quantitative estimate of drug-likeness (QED) is 0.652. The highest BCUT2D eigenvalue weighted by Gasteiger charge is 2.33. The van der Waals surface area contributed by atoms with Gasteiger partial charge in [0, 0.05) is 24.6 Å². The average molecular weight is 422 g/mol. The van der Waals surface area contributed by atoms with Crippen molar-refractivity contribution >= 4 is 11.8 Å². The minimum atomic E-state index is -0.607. The van der Waals surface area contributed by atoms with Gasteiger partial charge in [-0.15, -0.1) is 0 Å². The first-order valence-electron chi connectivity index (χ1n) is 10.5. The summed E-state index contributed by atoms with van der Waals surface area (Å²) in [5.41, 5.74) is 0.890. The predicted molar refractivity (Wildman–Crippen MR) is 113 cm³/mol. The Morgan fingerprint density at radius 3 is 2.48 bits per heavy atom. The van der Waals surface area contributed by atoms with Crippen molar-refractivity contribution in [2.45, 2.75) is 38.6 Å². The van der Waals surface area contributed by atoms with Crippen LogP contribution in [0.25, 0.3) is 11.5 Å². The summed E-state index contributed by atoms with van der Waals surface area (Å²) in [4.78, 5) is 31.8. The van der Waals surface area contributed by atoms with E-state index in [1.807, 2.05) is 49.1 Å². The van der Waals surface area contributed by atoms with E-state index in [4.69, 9.17) is 8.94 Å². The number of hydrogen-bond acceptors (Lipinski definition) is 6. The number of carbonyl (C=O) groups excluding carboxylic acids is 2. The van der Waals surface area contributed by atoms with Crippen molar-refractivity contribution in [3.8, 4) is 11.5 Å². The number of amides is 2. The molecule has 4 rings (SSSR count). The summed E-state index contributed by atoms with van der Waals surface area (Å²) in [5.74, 6) is 1.02. The highest BCUT2D eigenvalue weighted by molar-refractivity contribution is 5.95. The number of furan rings is 1. The first-order valence-corrected chi connectivity index (χ1v) is 10.5. The maximum atomic E-state index is 13.1.